The number of carbonyl (C=O) groups excluding carboxylic acids is 3. The molecule has 0 aliphatic heterocycles. The van der Waals surface area contributed by atoms with Gasteiger partial charge in [0.25, 0.3) is 0 Å². The summed E-state index contributed by atoms with van der Waals surface area (Å²) < 4.78 is 5.46. The number of carboxylic acid groups (broad SMARTS) is 1. The van der Waals surface area contributed by atoms with Gasteiger partial charge in [-0.3, -0.25) is 14.5 Å². The van der Waals surface area contributed by atoms with Crippen molar-refractivity contribution >= 4 is 23.6 Å². The Kier molecular flexibility index (Phi) is 9.14. The van der Waals surface area contributed by atoms with Gasteiger partial charge in [0, 0.05) is 5.92 Å². The number of amides is 1. The second-order valence-corrected chi connectivity index (χ2v) is 8.97. The second kappa shape index (κ2) is 12.3. The summed E-state index contributed by atoms with van der Waals surface area (Å²) in [5.74, 6) is -1.31. The topological polar surface area (TPSA) is 113 Å². The van der Waals surface area contributed by atoms with Gasteiger partial charge in [0.05, 0.1) is 13.1 Å². The molecule has 1 unspecified atom stereocenters. The SMILES string of the molecule is CC(=O)CN(CCCCC(NC(=O)OCC1c2ccccc2-c2ccccc21)C(=O)O)CC(C)=O. The van der Waals surface area contributed by atoms with Gasteiger partial charge < -0.3 is 15.2 Å². The number of fused-ring (bicyclic) bond motifs is 3. The van der Waals surface area contributed by atoms with E-state index in [2.05, 4.69) is 5.32 Å². The molecule has 0 saturated carbocycles. The molecule has 186 valence electrons. The number of nitrogens with zero attached hydrogens (tertiary/aromatic N) is 1. The number of hydrogen-bond donors (Lipinski definition) is 2. The average molecular weight is 481 g/mol. The summed E-state index contributed by atoms with van der Waals surface area (Å²) in [6.07, 6.45) is 0.547. The van der Waals surface area contributed by atoms with E-state index in [1.165, 1.54) is 13.8 Å². The van der Waals surface area contributed by atoms with Crippen LogP contribution in [-0.4, -0.2) is 65.9 Å². The van der Waals surface area contributed by atoms with E-state index in [9.17, 15) is 24.3 Å². The minimum atomic E-state index is -1.14. The number of rotatable bonds is 13. The van der Waals surface area contributed by atoms with Gasteiger partial charge in [-0.25, -0.2) is 9.59 Å². The number of nitrogens with one attached hydrogen (secondary N) is 1. The van der Waals surface area contributed by atoms with Crippen LogP contribution in [0.3, 0.4) is 0 Å². The zero-order valence-corrected chi connectivity index (χ0v) is 20.2. The summed E-state index contributed by atoms with van der Waals surface area (Å²) in [4.78, 5) is 48.6. The fourth-order valence-corrected chi connectivity index (χ4v) is 4.57. The molecule has 0 radical (unpaired) electrons. The molecule has 0 heterocycles. The highest BCUT2D eigenvalue weighted by Crippen LogP contribution is 2.44. The number of ketones is 2. The highest BCUT2D eigenvalue weighted by Gasteiger charge is 2.29. The standard InChI is InChI=1S/C27H32N2O6/c1-18(30)15-29(16-19(2)31)14-8-7-13-25(26(32)33)28-27(34)35-17-24-22-11-5-3-9-20(22)21-10-4-6-12-23(21)24/h3-6,9-12,24-25H,7-8,13-17H2,1-2H3,(H,28,34)(H,32,33). The first-order chi connectivity index (χ1) is 16.8. The molecule has 3 rings (SSSR count). The highest BCUT2D eigenvalue weighted by atomic mass is 16.5. The van der Waals surface area contributed by atoms with E-state index in [1.54, 1.807) is 4.90 Å². The van der Waals surface area contributed by atoms with Gasteiger partial charge in [-0.15, -0.1) is 0 Å². The first kappa shape index (κ1) is 26.1. The zero-order chi connectivity index (χ0) is 25.4. The number of alkyl carbamates (subject to hydrolysis) is 1. The van der Waals surface area contributed by atoms with Crippen LogP contribution in [0.25, 0.3) is 11.1 Å². The third-order valence-electron chi connectivity index (χ3n) is 6.04. The Morgan fingerprint density at radius 2 is 1.46 bits per heavy atom. The number of aliphatic carboxylic acids is 1. The fourth-order valence-electron chi connectivity index (χ4n) is 4.57. The average Bonchev–Trinajstić information content (AvgIpc) is 3.12. The molecule has 1 amide bonds. The monoisotopic (exact) mass is 480 g/mol. The molecule has 8 heteroatoms. The highest BCUT2D eigenvalue weighted by molar-refractivity contribution is 5.81. The number of carbonyl (C=O) groups is 4. The molecule has 1 aliphatic carbocycles. The van der Waals surface area contributed by atoms with E-state index in [0.29, 0.717) is 19.4 Å². The Morgan fingerprint density at radius 1 is 0.914 bits per heavy atom. The van der Waals surface area contributed by atoms with Crippen molar-refractivity contribution < 1.29 is 29.0 Å². The lowest BCUT2D eigenvalue weighted by Gasteiger charge is -2.20. The Labute approximate surface area is 205 Å². The summed E-state index contributed by atoms with van der Waals surface area (Å²) in [5, 5.41) is 12.0. The Balaban J connectivity index is 1.50. The molecule has 2 aromatic rings. The van der Waals surface area contributed by atoms with Crippen LogP contribution in [0.2, 0.25) is 0 Å². The van der Waals surface area contributed by atoms with Crippen LogP contribution in [0.1, 0.15) is 50.2 Å². The van der Waals surface area contributed by atoms with Gasteiger partial charge in [0.15, 0.2) is 0 Å². The number of unbranched alkanes of at least 4 members (excludes halogenated alkanes) is 1. The van der Waals surface area contributed by atoms with Crippen molar-refractivity contribution in [1.82, 2.24) is 10.2 Å². The summed E-state index contributed by atoms with van der Waals surface area (Å²) in [6.45, 7) is 3.89. The van der Waals surface area contributed by atoms with Crippen LogP contribution >= 0.6 is 0 Å². The van der Waals surface area contributed by atoms with E-state index < -0.39 is 18.1 Å². The number of carboxylic acids is 1. The van der Waals surface area contributed by atoms with Crippen LogP contribution in [0.4, 0.5) is 4.79 Å². The van der Waals surface area contributed by atoms with Crippen LogP contribution < -0.4 is 5.32 Å². The van der Waals surface area contributed by atoms with Crippen molar-refractivity contribution in [2.24, 2.45) is 0 Å². The largest absolute Gasteiger partial charge is 0.480 e. The molecule has 2 aromatic carbocycles. The lowest BCUT2D eigenvalue weighted by molar-refractivity contribution is -0.139. The zero-order valence-electron chi connectivity index (χ0n) is 20.2. The van der Waals surface area contributed by atoms with Gasteiger partial charge in [0.2, 0.25) is 0 Å². The molecular formula is C27H32N2O6. The molecule has 0 saturated heterocycles. The van der Waals surface area contributed by atoms with E-state index in [1.807, 2.05) is 48.5 Å². The quantitative estimate of drug-likeness (QED) is 0.421. The Morgan fingerprint density at radius 3 is 1.97 bits per heavy atom. The summed E-state index contributed by atoms with van der Waals surface area (Å²) in [5.41, 5.74) is 4.39. The molecule has 35 heavy (non-hydrogen) atoms. The van der Waals surface area contributed by atoms with E-state index in [0.717, 1.165) is 22.3 Å². The van der Waals surface area contributed by atoms with E-state index in [-0.39, 0.29) is 43.6 Å². The Hall–Kier alpha value is -3.52. The molecule has 0 fully saturated rings. The number of Topliss-reactive ketones (excluding diaryl/α,β-unsaturated/α-hetero) is 2. The van der Waals surface area contributed by atoms with Crippen LogP contribution in [-0.2, 0) is 19.1 Å². The Bertz CT molecular complexity index is 1020. The van der Waals surface area contributed by atoms with Crippen LogP contribution in [0, 0.1) is 0 Å². The molecule has 0 bridgehead atoms. The van der Waals surface area contributed by atoms with Crippen LogP contribution in [0.5, 0.6) is 0 Å². The molecule has 1 atom stereocenters. The fraction of sp³-hybridized carbons (Fsp3) is 0.407. The van der Waals surface area contributed by atoms with Crippen molar-refractivity contribution in [3.8, 4) is 11.1 Å². The second-order valence-electron chi connectivity index (χ2n) is 8.97. The minimum Gasteiger partial charge on any atom is -0.480 e. The minimum absolute atomic E-state index is 0.0356. The molecule has 2 N–H and O–H groups in total. The van der Waals surface area contributed by atoms with Crippen molar-refractivity contribution in [3.05, 3.63) is 59.7 Å². The van der Waals surface area contributed by atoms with Crippen molar-refractivity contribution in [2.45, 2.75) is 45.1 Å². The molecule has 1 aliphatic rings. The van der Waals surface area contributed by atoms with Crippen molar-refractivity contribution in [1.29, 1.82) is 0 Å². The van der Waals surface area contributed by atoms with Gasteiger partial charge in [0.1, 0.15) is 24.2 Å². The van der Waals surface area contributed by atoms with Gasteiger partial charge >= 0.3 is 12.1 Å². The maximum atomic E-state index is 12.4. The molecule has 0 aromatic heterocycles. The van der Waals surface area contributed by atoms with Gasteiger partial charge in [-0.05, 0) is 61.9 Å². The predicted molar refractivity (Wildman–Crippen MR) is 131 cm³/mol. The number of hydrogen-bond acceptors (Lipinski definition) is 6. The van der Waals surface area contributed by atoms with Gasteiger partial charge in [-0.1, -0.05) is 48.5 Å². The summed E-state index contributed by atoms with van der Waals surface area (Å²) in [7, 11) is 0. The van der Waals surface area contributed by atoms with E-state index >= 15 is 0 Å². The smallest absolute Gasteiger partial charge is 0.407 e. The normalized spacial score (nSPS) is 13.1. The number of benzene rings is 2. The first-order valence-electron chi connectivity index (χ1n) is 11.8. The predicted octanol–water partition coefficient (Wildman–Crippen LogP) is 3.63. The lowest BCUT2D eigenvalue weighted by atomic mass is 9.98. The van der Waals surface area contributed by atoms with E-state index in [4.69, 9.17) is 4.74 Å². The molecule has 0 spiro atoms. The van der Waals surface area contributed by atoms with Crippen molar-refractivity contribution in [2.75, 3.05) is 26.2 Å². The maximum absolute atomic E-state index is 12.4. The van der Waals surface area contributed by atoms with Crippen molar-refractivity contribution in [3.63, 3.8) is 0 Å². The molecular weight excluding hydrogens is 448 g/mol. The maximum Gasteiger partial charge on any atom is 0.407 e. The third-order valence-corrected chi connectivity index (χ3v) is 6.04. The molecule has 8 nitrogen and oxygen atoms in total. The summed E-state index contributed by atoms with van der Waals surface area (Å²) >= 11 is 0. The lowest BCUT2D eigenvalue weighted by Crippen LogP contribution is -2.41. The van der Waals surface area contributed by atoms with Gasteiger partial charge in [-0.2, -0.15) is 0 Å². The summed E-state index contributed by atoms with van der Waals surface area (Å²) in [6, 6.07) is 14.9. The van der Waals surface area contributed by atoms with Crippen LogP contribution in [0.15, 0.2) is 48.5 Å². The number of ether oxygens (including phenoxy) is 1. The third kappa shape index (κ3) is 7.23. The first-order valence-corrected chi connectivity index (χ1v) is 11.8.